The van der Waals surface area contributed by atoms with Gasteiger partial charge in [-0.15, -0.1) is 0 Å². The van der Waals surface area contributed by atoms with Gasteiger partial charge in [0.2, 0.25) is 5.76 Å². The predicted molar refractivity (Wildman–Crippen MR) is 67.3 cm³/mol. The normalized spacial score (nSPS) is 9.78. The Morgan fingerprint density at radius 1 is 1.39 bits per heavy atom. The number of nitrogens with one attached hydrogen (secondary N) is 1. The number of hydrogen-bond donors (Lipinski definition) is 1. The zero-order valence-corrected chi connectivity index (χ0v) is 9.93. The molecular weight excluding hydrogens is 228 g/mol. The molecule has 2 aromatic rings. The van der Waals surface area contributed by atoms with Crippen LogP contribution in [0.4, 0.5) is 0 Å². The second-order valence-electron chi connectivity index (χ2n) is 3.59. The zero-order valence-electron chi connectivity index (χ0n) is 9.93. The fourth-order valence-corrected chi connectivity index (χ4v) is 1.68. The van der Waals surface area contributed by atoms with Crippen LogP contribution in [0.1, 0.15) is 18.2 Å². The third-order valence-corrected chi connectivity index (χ3v) is 2.48. The topological polar surface area (TPSA) is 70.0 Å². The molecule has 1 aromatic heterocycles. The second-order valence-corrected chi connectivity index (χ2v) is 3.59. The van der Waals surface area contributed by atoms with Crippen LogP contribution >= 0.6 is 0 Å². The molecule has 0 aliphatic carbocycles. The summed E-state index contributed by atoms with van der Waals surface area (Å²) in [6.07, 6.45) is 1.48. The van der Waals surface area contributed by atoms with Crippen molar-refractivity contribution in [3.8, 4) is 17.2 Å². The minimum Gasteiger partial charge on any atom is -0.476 e. The standard InChI is InChI=1S/C14H12N2O2/c1-2-17-14(16)13-11(8-15)12(9-18-13)10-6-4-3-5-7-10/h3-7,9,16H,2H2,1H3. The van der Waals surface area contributed by atoms with Crippen molar-refractivity contribution in [3.05, 3.63) is 47.9 Å². The lowest BCUT2D eigenvalue weighted by Gasteiger charge is -2.01. The van der Waals surface area contributed by atoms with Gasteiger partial charge in [0.25, 0.3) is 5.90 Å². The van der Waals surface area contributed by atoms with Crippen LogP contribution in [0.15, 0.2) is 41.0 Å². The molecule has 0 saturated carbocycles. The van der Waals surface area contributed by atoms with Gasteiger partial charge in [-0.3, -0.25) is 5.41 Å². The first kappa shape index (κ1) is 11.9. The van der Waals surface area contributed by atoms with E-state index in [4.69, 9.17) is 14.6 Å². The summed E-state index contributed by atoms with van der Waals surface area (Å²) in [4.78, 5) is 0. The molecule has 0 spiro atoms. The van der Waals surface area contributed by atoms with Crippen LogP contribution in [0.3, 0.4) is 0 Å². The van der Waals surface area contributed by atoms with Gasteiger partial charge in [0.1, 0.15) is 17.9 Å². The van der Waals surface area contributed by atoms with E-state index in [1.807, 2.05) is 30.3 Å². The SMILES string of the molecule is CCOC(=N)c1occ(-c2ccccc2)c1C#N. The lowest BCUT2D eigenvalue weighted by Crippen LogP contribution is -2.05. The van der Waals surface area contributed by atoms with E-state index in [2.05, 4.69) is 6.07 Å². The predicted octanol–water partition coefficient (Wildman–Crippen LogP) is 3.18. The minimum atomic E-state index is -0.115. The molecule has 1 heterocycles. The average Bonchev–Trinajstić information content (AvgIpc) is 2.83. The van der Waals surface area contributed by atoms with Crippen molar-refractivity contribution in [2.24, 2.45) is 0 Å². The highest BCUT2D eigenvalue weighted by Crippen LogP contribution is 2.27. The summed E-state index contributed by atoms with van der Waals surface area (Å²) in [5.74, 6) is 0.0643. The molecule has 0 aliphatic heterocycles. The van der Waals surface area contributed by atoms with Gasteiger partial charge in [0.15, 0.2) is 0 Å². The van der Waals surface area contributed by atoms with E-state index in [9.17, 15) is 5.26 Å². The minimum absolute atomic E-state index is 0.115. The lowest BCUT2D eigenvalue weighted by atomic mass is 10.0. The van der Waals surface area contributed by atoms with Gasteiger partial charge in [-0.1, -0.05) is 30.3 Å². The molecule has 1 N–H and O–H groups in total. The molecule has 1 aromatic carbocycles. The molecule has 0 aliphatic rings. The van der Waals surface area contributed by atoms with Gasteiger partial charge in [0.05, 0.1) is 6.61 Å². The lowest BCUT2D eigenvalue weighted by molar-refractivity contribution is 0.316. The second kappa shape index (κ2) is 5.19. The molecule has 0 fully saturated rings. The van der Waals surface area contributed by atoms with Crippen molar-refractivity contribution in [2.75, 3.05) is 6.61 Å². The number of rotatable bonds is 3. The maximum atomic E-state index is 9.20. The molecule has 0 amide bonds. The monoisotopic (exact) mass is 240 g/mol. The maximum Gasteiger partial charge on any atom is 0.251 e. The highest BCUT2D eigenvalue weighted by Gasteiger charge is 2.19. The van der Waals surface area contributed by atoms with E-state index >= 15 is 0 Å². The zero-order chi connectivity index (χ0) is 13.0. The number of benzene rings is 1. The Balaban J connectivity index is 2.47. The molecule has 2 rings (SSSR count). The van der Waals surface area contributed by atoms with E-state index in [0.29, 0.717) is 17.7 Å². The fraction of sp³-hybridized carbons (Fsp3) is 0.143. The first-order chi connectivity index (χ1) is 8.77. The Bertz CT molecular complexity index is 594. The van der Waals surface area contributed by atoms with Gasteiger partial charge >= 0.3 is 0 Å². The number of nitriles is 1. The largest absolute Gasteiger partial charge is 0.476 e. The number of nitrogens with zero attached hydrogens (tertiary/aromatic N) is 1. The molecule has 0 radical (unpaired) electrons. The summed E-state index contributed by atoms with van der Waals surface area (Å²) in [5, 5.41) is 16.9. The summed E-state index contributed by atoms with van der Waals surface area (Å²) < 4.78 is 10.3. The van der Waals surface area contributed by atoms with E-state index < -0.39 is 0 Å². The molecule has 90 valence electrons. The van der Waals surface area contributed by atoms with Crippen LogP contribution in [0.2, 0.25) is 0 Å². The maximum absolute atomic E-state index is 9.20. The van der Waals surface area contributed by atoms with Crippen molar-refractivity contribution < 1.29 is 9.15 Å². The molecule has 0 unspecified atom stereocenters. The highest BCUT2D eigenvalue weighted by atomic mass is 16.5. The summed E-state index contributed by atoms with van der Waals surface area (Å²) in [6.45, 7) is 2.15. The summed E-state index contributed by atoms with van der Waals surface area (Å²) >= 11 is 0. The third-order valence-electron chi connectivity index (χ3n) is 2.48. The van der Waals surface area contributed by atoms with Crippen molar-refractivity contribution in [1.82, 2.24) is 0 Å². The quantitative estimate of drug-likeness (QED) is 0.661. The summed E-state index contributed by atoms with van der Waals surface area (Å²) in [6, 6.07) is 11.5. The van der Waals surface area contributed by atoms with Crippen LogP contribution in [0, 0.1) is 16.7 Å². The first-order valence-corrected chi connectivity index (χ1v) is 5.56. The summed E-state index contributed by atoms with van der Waals surface area (Å²) in [5.41, 5.74) is 1.89. The van der Waals surface area contributed by atoms with Crippen LogP contribution in [0.25, 0.3) is 11.1 Å². The Kier molecular flexibility index (Phi) is 3.44. The molecule has 4 nitrogen and oxygen atoms in total. The number of furan rings is 1. The van der Waals surface area contributed by atoms with Crippen LogP contribution in [-0.2, 0) is 4.74 Å². The van der Waals surface area contributed by atoms with Gasteiger partial charge in [0, 0.05) is 5.56 Å². The van der Waals surface area contributed by atoms with Crippen LogP contribution in [0.5, 0.6) is 0 Å². The van der Waals surface area contributed by atoms with Crippen molar-refractivity contribution >= 4 is 5.90 Å². The Labute approximate surface area is 105 Å². The first-order valence-electron chi connectivity index (χ1n) is 5.56. The van der Waals surface area contributed by atoms with Crippen molar-refractivity contribution in [2.45, 2.75) is 6.92 Å². The summed E-state index contributed by atoms with van der Waals surface area (Å²) in [7, 11) is 0. The third kappa shape index (κ3) is 2.11. The molecule has 18 heavy (non-hydrogen) atoms. The fourth-order valence-electron chi connectivity index (χ4n) is 1.68. The van der Waals surface area contributed by atoms with E-state index in [-0.39, 0.29) is 11.7 Å². The molecular formula is C14H12N2O2. The molecule has 4 heteroatoms. The van der Waals surface area contributed by atoms with E-state index in [1.54, 1.807) is 6.92 Å². The Hall–Kier alpha value is -2.54. The Morgan fingerprint density at radius 3 is 2.72 bits per heavy atom. The van der Waals surface area contributed by atoms with Crippen molar-refractivity contribution in [3.63, 3.8) is 0 Å². The van der Waals surface area contributed by atoms with E-state index in [0.717, 1.165) is 5.56 Å². The Morgan fingerprint density at radius 2 is 2.11 bits per heavy atom. The van der Waals surface area contributed by atoms with Gasteiger partial charge < -0.3 is 9.15 Å². The smallest absolute Gasteiger partial charge is 0.251 e. The molecule has 0 atom stereocenters. The van der Waals surface area contributed by atoms with Crippen LogP contribution in [-0.4, -0.2) is 12.5 Å². The van der Waals surface area contributed by atoms with Crippen molar-refractivity contribution in [1.29, 1.82) is 10.7 Å². The van der Waals surface area contributed by atoms with Gasteiger partial charge in [-0.05, 0) is 12.5 Å². The number of hydrogen-bond acceptors (Lipinski definition) is 4. The van der Waals surface area contributed by atoms with Gasteiger partial charge in [-0.2, -0.15) is 5.26 Å². The highest BCUT2D eigenvalue weighted by molar-refractivity contribution is 5.94. The van der Waals surface area contributed by atoms with E-state index in [1.165, 1.54) is 6.26 Å². The molecule has 0 saturated heterocycles. The number of ether oxygens (including phenoxy) is 1. The average molecular weight is 240 g/mol. The van der Waals surface area contributed by atoms with Gasteiger partial charge in [-0.25, -0.2) is 0 Å². The van der Waals surface area contributed by atoms with Crippen LogP contribution < -0.4 is 0 Å². The molecule has 0 bridgehead atoms.